The number of hydrogen-bond acceptors (Lipinski definition) is 4. The molecule has 1 spiro atoms. The second kappa shape index (κ2) is 9.88. The van der Waals surface area contributed by atoms with Crippen molar-refractivity contribution in [3.63, 3.8) is 0 Å². The lowest BCUT2D eigenvalue weighted by molar-refractivity contribution is -0.308. The third-order valence-corrected chi connectivity index (χ3v) is 7.39. The number of amides is 1. The lowest BCUT2D eigenvalue weighted by Crippen LogP contribution is -2.60. The molecule has 0 atom stereocenters. The van der Waals surface area contributed by atoms with Gasteiger partial charge in [0.2, 0.25) is 0 Å². The van der Waals surface area contributed by atoms with Crippen LogP contribution in [0.4, 0.5) is 36.8 Å². The van der Waals surface area contributed by atoms with Crippen molar-refractivity contribution in [2.24, 2.45) is 5.41 Å². The van der Waals surface area contributed by atoms with Crippen LogP contribution in [0.25, 0.3) is 0 Å². The Morgan fingerprint density at radius 3 is 2.14 bits per heavy atom. The highest BCUT2D eigenvalue weighted by Crippen LogP contribution is 2.43. The first-order valence-corrected chi connectivity index (χ1v) is 12.1. The van der Waals surface area contributed by atoms with Crippen LogP contribution in [0.2, 0.25) is 5.02 Å². The van der Waals surface area contributed by atoms with E-state index >= 15 is 0 Å². The highest BCUT2D eigenvalue weighted by Gasteiger charge is 2.60. The fourth-order valence-corrected chi connectivity index (χ4v) is 5.50. The van der Waals surface area contributed by atoms with Crippen molar-refractivity contribution in [2.75, 3.05) is 44.2 Å². The standard InChI is InChI=1S/C23H28ClF6N3O2/c24-17-5-4-16(18(12-17)32-8-2-1-3-9-32)13-31-14-21(15-31)6-10-33(11-7-21)20(34)35-19(22(25,26)27)23(28,29)30/h4-5,12,19H,1-3,6-11,13-15H2. The molecule has 3 aliphatic rings. The number of rotatable bonds is 4. The van der Waals surface area contributed by atoms with Gasteiger partial charge in [0.25, 0.3) is 6.10 Å². The minimum absolute atomic E-state index is 0.0646. The van der Waals surface area contributed by atoms with E-state index in [1.807, 2.05) is 18.2 Å². The monoisotopic (exact) mass is 527 g/mol. The minimum atomic E-state index is -5.71. The molecule has 3 aliphatic heterocycles. The van der Waals surface area contributed by atoms with Gasteiger partial charge in [-0.1, -0.05) is 17.7 Å². The van der Waals surface area contributed by atoms with Crippen molar-refractivity contribution >= 4 is 23.4 Å². The van der Waals surface area contributed by atoms with E-state index in [4.69, 9.17) is 11.6 Å². The molecule has 196 valence electrons. The van der Waals surface area contributed by atoms with Crippen LogP contribution in [-0.2, 0) is 11.3 Å². The van der Waals surface area contributed by atoms with Crippen LogP contribution in [-0.4, -0.2) is 73.6 Å². The number of ether oxygens (including phenoxy) is 1. The number of anilines is 1. The smallest absolute Gasteiger partial charge is 0.426 e. The van der Waals surface area contributed by atoms with Gasteiger partial charge in [-0.2, -0.15) is 26.3 Å². The van der Waals surface area contributed by atoms with Gasteiger partial charge in [0, 0.05) is 56.5 Å². The summed E-state index contributed by atoms with van der Waals surface area (Å²) < 4.78 is 80.0. The van der Waals surface area contributed by atoms with Gasteiger partial charge in [-0.25, -0.2) is 4.79 Å². The van der Waals surface area contributed by atoms with Crippen LogP contribution < -0.4 is 4.90 Å². The molecule has 1 amide bonds. The second-order valence-corrected chi connectivity index (χ2v) is 10.2. The number of carbonyl (C=O) groups excluding carboxylic acids is 1. The number of carbonyl (C=O) groups is 1. The number of likely N-dealkylation sites (tertiary alicyclic amines) is 2. The lowest BCUT2D eigenvalue weighted by atomic mass is 9.72. The van der Waals surface area contributed by atoms with E-state index in [-0.39, 0.29) is 18.5 Å². The summed E-state index contributed by atoms with van der Waals surface area (Å²) in [5.41, 5.74) is 2.22. The Morgan fingerprint density at radius 1 is 0.971 bits per heavy atom. The zero-order valence-corrected chi connectivity index (χ0v) is 19.9. The van der Waals surface area contributed by atoms with Crippen LogP contribution in [0.15, 0.2) is 18.2 Å². The second-order valence-electron chi connectivity index (χ2n) is 9.80. The largest absolute Gasteiger partial charge is 0.434 e. The number of hydrogen-bond donors (Lipinski definition) is 0. The molecule has 0 saturated carbocycles. The van der Waals surface area contributed by atoms with Crippen molar-refractivity contribution in [3.05, 3.63) is 28.8 Å². The quantitative estimate of drug-likeness (QED) is 0.460. The molecule has 1 aromatic rings. The zero-order chi connectivity index (χ0) is 25.4. The Kier molecular flexibility index (Phi) is 7.39. The van der Waals surface area contributed by atoms with Crippen LogP contribution in [0.1, 0.15) is 37.7 Å². The first-order chi connectivity index (χ1) is 16.4. The fourth-order valence-electron chi connectivity index (χ4n) is 5.33. The fraction of sp³-hybridized carbons (Fsp3) is 0.696. The maximum absolute atomic E-state index is 12.7. The minimum Gasteiger partial charge on any atom is -0.426 e. The Bertz CT molecular complexity index is 889. The molecule has 12 heteroatoms. The summed E-state index contributed by atoms with van der Waals surface area (Å²) in [6, 6.07) is 5.91. The van der Waals surface area contributed by atoms with Crippen LogP contribution in [0.3, 0.4) is 0 Å². The summed E-state index contributed by atoms with van der Waals surface area (Å²) in [4.78, 5) is 17.6. The number of halogens is 7. The molecule has 1 aromatic carbocycles. The summed E-state index contributed by atoms with van der Waals surface area (Å²) >= 11 is 6.25. The topological polar surface area (TPSA) is 36.0 Å². The molecule has 0 unspecified atom stereocenters. The molecular weight excluding hydrogens is 500 g/mol. The van der Waals surface area contributed by atoms with Gasteiger partial charge >= 0.3 is 18.4 Å². The maximum Gasteiger partial charge on any atom is 0.434 e. The van der Waals surface area contributed by atoms with Gasteiger partial charge < -0.3 is 14.5 Å². The highest BCUT2D eigenvalue weighted by atomic mass is 35.5. The molecule has 3 saturated heterocycles. The first-order valence-electron chi connectivity index (χ1n) is 11.7. The molecule has 0 aromatic heterocycles. The number of piperidine rings is 2. The summed E-state index contributed by atoms with van der Waals surface area (Å²) in [7, 11) is 0. The molecule has 0 bridgehead atoms. The molecule has 0 N–H and O–H groups in total. The number of benzene rings is 1. The van der Waals surface area contributed by atoms with Gasteiger partial charge in [-0.05, 0) is 55.2 Å². The van der Waals surface area contributed by atoms with E-state index in [1.54, 1.807) is 0 Å². The van der Waals surface area contributed by atoms with Crippen molar-refractivity contribution in [3.8, 4) is 0 Å². The Balaban J connectivity index is 1.30. The number of alkyl halides is 6. The normalized spacial score (nSPS) is 21.4. The summed E-state index contributed by atoms with van der Waals surface area (Å²) in [5, 5.41) is 0.687. The average Bonchev–Trinajstić information content (AvgIpc) is 2.77. The van der Waals surface area contributed by atoms with E-state index in [2.05, 4.69) is 14.5 Å². The van der Waals surface area contributed by atoms with E-state index in [9.17, 15) is 31.1 Å². The summed E-state index contributed by atoms with van der Waals surface area (Å²) in [5.74, 6) is 0. The van der Waals surface area contributed by atoms with Gasteiger partial charge in [0.15, 0.2) is 0 Å². The Hall–Kier alpha value is -1.88. The predicted molar refractivity (Wildman–Crippen MR) is 118 cm³/mol. The number of nitrogens with zero attached hydrogens (tertiary/aromatic N) is 3. The molecule has 3 heterocycles. The van der Waals surface area contributed by atoms with E-state index in [0.717, 1.165) is 56.2 Å². The van der Waals surface area contributed by atoms with E-state index < -0.39 is 24.5 Å². The third-order valence-electron chi connectivity index (χ3n) is 7.15. The Labute approximate surface area is 204 Å². The molecule has 0 radical (unpaired) electrons. The van der Waals surface area contributed by atoms with Crippen molar-refractivity contribution in [2.45, 2.75) is 57.1 Å². The third kappa shape index (κ3) is 6.10. The van der Waals surface area contributed by atoms with Crippen LogP contribution in [0.5, 0.6) is 0 Å². The molecule has 35 heavy (non-hydrogen) atoms. The van der Waals surface area contributed by atoms with Crippen molar-refractivity contribution < 1.29 is 35.9 Å². The van der Waals surface area contributed by atoms with Crippen molar-refractivity contribution in [1.82, 2.24) is 9.80 Å². The maximum atomic E-state index is 12.7. The van der Waals surface area contributed by atoms with Gasteiger partial charge in [0.05, 0.1) is 0 Å². The average molecular weight is 528 g/mol. The SMILES string of the molecule is O=C(OC(C(F)(F)F)C(F)(F)F)N1CCC2(CC1)CN(Cc1ccc(Cl)cc1N1CCCCC1)C2. The summed E-state index contributed by atoms with van der Waals surface area (Å²) in [6.07, 6.45) is -12.6. The molecule has 0 aliphatic carbocycles. The molecule has 3 fully saturated rings. The Morgan fingerprint density at radius 2 is 1.57 bits per heavy atom. The molecule has 4 rings (SSSR count). The van der Waals surface area contributed by atoms with Crippen molar-refractivity contribution in [1.29, 1.82) is 0 Å². The lowest BCUT2D eigenvalue weighted by Gasteiger charge is -2.54. The first kappa shape index (κ1) is 26.2. The predicted octanol–water partition coefficient (Wildman–Crippen LogP) is 5.86. The van der Waals surface area contributed by atoms with Crippen LogP contribution in [0, 0.1) is 5.41 Å². The van der Waals surface area contributed by atoms with Gasteiger partial charge in [0.1, 0.15) is 0 Å². The zero-order valence-electron chi connectivity index (χ0n) is 19.1. The molecular formula is C23H28ClF6N3O2. The van der Waals surface area contributed by atoms with E-state index in [0.29, 0.717) is 17.9 Å². The molecule has 5 nitrogen and oxygen atoms in total. The van der Waals surface area contributed by atoms with Gasteiger partial charge in [-0.3, -0.25) is 4.90 Å². The van der Waals surface area contributed by atoms with Gasteiger partial charge in [-0.15, -0.1) is 0 Å². The van der Waals surface area contributed by atoms with E-state index in [1.165, 1.54) is 12.0 Å². The van der Waals surface area contributed by atoms with Crippen LogP contribution >= 0.6 is 11.6 Å². The highest BCUT2D eigenvalue weighted by molar-refractivity contribution is 6.30. The summed E-state index contributed by atoms with van der Waals surface area (Å²) in [6.45, 7) is 4.36.